The molecular formula is C29H34N8O2. The van der Waals surface area contributed by atoms with Crippen molar-refractivity contribution in [2.24, 2.45) is 0 Å². The molecule has 4 aromatic rings. The maximum Gasteiger partial charge on any atom is 0.272 e. The second-order valence-corrected chi connectivity index (χ2v) is 10.3. The van der Waals surface area contributed by atoms with E-state index in [0.29, 0.717) is 28.9 Å². The fourth-order valence-electron chi connectivity index (χ4n) is 5.54. The van der Waals surface area contributed by atoms with Crippen LogP contribution in [0.4, 0.5) is 23.1 Å². The average molecular weight is 527 g/mol. The zero-order chi connectivity index (χ0) is 26.8. The third-order valence-corrected chi connectivity index (χ3v) is 7.71. The second-order valence-electron chi connectivity index (χ2n) is 10.3. The SMILES string of the molecule is COc1ccccc1NC(=O)c1cc2cnc(Nc3ccc(N4CCN(C)CC4)cn3)nc2n1C1CCCC1. The van der Waals surface area contributed by atoms with Crippen LogP contribution in [-0.2, 0) is 0 Å². The molecule has 0 radical (unpaired) electrons. The van der Waals surface area contributed by atoms with Crippen molar-refractivity contribution in [1.82, 2.24) is 24.4 Å². The highest BCUT2D eigenvalue weighted by Gasteiger charge is 2.26. The highest BCUT2D eigenvalue weighted by Crippen LogP contribution is 2.35. The van der Waals surface area contributed by atoms with Gasteiger partial charge in [0.1, 0.15) is 22.9 Å². The Balaban J connectivity index is 1.27. The summed E-state index contributed by atoms with van der Waals surface area (Å²) >= 11 is 0. The minimum atomic E-state index is -0.194. The number of methoxy groups -OCH3 is 1. The van der Waals surface area contributed by atoms with Crippen LogP contribution in [0.2, 0.25) is 0 Å². The van der Waals surface area contributed by atoms with Gasteiger partial charge in [0.05, 0.1) is 24.7 Å². The Morgan fingerprint density at radius 1 is 1.00 bits per heavy atom. The first kappa shape index (κ1) is 25.1. The molecule has 2 N–H and O–H groups in total. The molecule has 0 spiro atoms. The van der Waals surface area contributed by atoms with Crippen LogP contribution in [0.5, 0.6) is 5.75 Å². The quantitative estimate of drug-likeness (QED) is 0.358. The molecule has 10 nitrogen and oxygen atoms in total. The highest BCUT2D eigenvalue weighted by atomic mass is 16.5. The molecule has 1 aromatic carbocycles. The molecule has 2 fully saturated rings. The van der Waals surface area contributed by atoms with Gasteiger partial charge in [-0.25, -0.2) is 9.97 Å². The molecule has 0 unspecified atom stereocenters. The molecule has 2 aliphatic rings. The summed E-state index contributed by atoms with van der Waals surface area (Å²) in [5, 5.41) is 7.11. The number of hydrogen-bond donors (Lipinski definition) is 2. The molecule has 3 aromatic heterocycles. The molecule has 10 heteroatoms. The minimum Gasteiger partial charge on any atom is -0.495 e. The van der Waals surface area contributed by atoms with E-state index in [-0.39, 0.29) is 11.9 Å². The van der Waals surface area contributed by atoms with Crippen molar-refractivity contribution in [1.29, 1.82) is 0 Å². The number of anilines is 4. The fourth-order valence-corrected chi connectivity index (χ4v) is 5.54. The second kappa shape index (κ2) is 10.9. The van der Waals surface area contributed by atoms with Gasteiger partial charge in [-0.1, -0.05) is 25.0 Å². The van der Waals surface area contributed by atoms with Gasteiger partial charge in [0.15, 0.2) is 0 Å². The number of hydrogen-bond acceptors (Lipinski definition) is 8. The summed E-state index contributed by atoms with van der Waals surface area (Å²) in [5.74, 6) is 1.56. The maximum absolute atomic E-state index is 13.5. The zero-order valence-corrected chi connectivity index (χ0v) is 22.4. The summed E-state index contributed by atoms with van der Waals surface area (Å²) < 4.78 is 7.51. The number of carbonyl (C=O) groups is 1. The number of pyridine rings is 1. The molecule has 4 heterocycles. The monoisotopic (exact) mass is 526 g/mol. The van der Waals surface area contributed by atoms with Gasteiger partial charge in [-0.15, -0.1) is 0 Å². The van der Waals surface area contributed by atoms with Crippen molar-refractivity contribution in [2.45, 2.75) is 31.7 Å². The van der Waals surface area contributed by atoms with E-state index < -0.39 is 0 Å². The first-order valence-electron chi connectivity index (χ1n) is 13.6. The summed E-state index contributed by atoms with van der Waals surface area (Å²) in [7, 11) is 3.75. The Hall–Kier alpha value is -4.18. The van der Waals surface area contributed by atoms with Crippen LogP contribution in [-0.4, -0.2) is 70.7 Å². The molecular weight excluding hydrogens is 492 g/mol. The number of fused-ring (bicyclic) bond motifs is 1. The van der Waals surface area contributed by atoms with Gasteiger partial charge >= 0.3 is 0 Å². The van der Waals surface area contributed by atoms with Crippen molar-refractivity contribution in [3.63, 3.8) is 0 Å². The van der Waals surface area contributed by atoms with Crippen LogP contribution in [0.25, 0.3) is 11.0 Å². The van der Waals surface area contributed by atoms with E-state index in [1.54, 1.807) is 13.3 Å². The van der Waals surface area contributed by atoms with Crippen LogP contribution >= 0.6 is 0 Å². The molecule has 6 rings (SSSR count). The summed E-state index contributed by atoms with van der Waals surface area (Å²) in [6, 6.07) is 13.6. The van der Waals surface area contributed by atoms with Crippen LogP contribution in [0.3, 0.4) is 0 Å². The Kier molecular flexibility index (Phi) is 7.02. The van der Waals surface area contributed by atoms with Crippen molar-refractivity contribution in [2.75, 3.05) is 55.9 Å². The van der Waals surface area contributed by atoms with Crippen molar-refractivity contribution in [3.8, 4) is 5.75 Å². The first-order valence-corrected chi connectivity index (χ1v) is 13.6. The lowest BCUT2D eigenvalue weighted by Gasteiger charge is -2.33. The molecule has 39 heavy (non-hydrogen) atoms. The predicted molar refractivity (Wildman–Crippen MR) is 153 cm³/mol. The van der Waals surface area contributed by atoms with E-state index in [1.165, 1.54) is 0 Å². The van der Waals surface area contributed by atoms with Crippen LogP contribution in [0, 0.1) is 0 Å². The number of piperazine rings is 1. The van der Waals surface area contributed by atoms with Crippen LogP contribution in [0.1, 0.15) is 42.2 Å². The predicted octanol–water partition coefficient (Wildman–Crippen LogP) is 4.70. The van der Waals surface area contributed by atoms with Gasteiger partial charge < -0.3 is 29.7 Å². The number of carbonyl (C=O) groups excluding carboxylic acids is 1. The van der Waals surface area contributed by atoms with Gasteiger partial charge in [0, 0.05) is 43.8 Å². The number of amides is 1. The molecule has 0 atom stereocenters. The lowest BCUT2D eigenvalue weighted by Crippen LogP contribution is -2.44. The van der Waals surface area contributed by atoms with Gasteiger partial charge in [0.2, 0.25) is 5.95 Å². The average Bonchev–Trinajstić information content (AvgIpc) is 3.62. The van der Waals surface area contributed by atoms with E-state index >= 15 is 0 Å². The standard InChI is InChI=1S/C29H34N8O2/c1-35-13-15-36(16-14-35)22-11-12-26(30-19-22)33-29-31-18-20-17-24(37(27(20)34-29)21-7-3-4-8-21)28(38)32-23-9-5-6-10-25(23)39-2/h5-6,9-12,17-19,21H,3-4,7-8,13-16H2,1-2H3,(H,32,38)(H,30,31,33,34). The van der Waals surface area contributed by atoms with E-state index in [1.807, 2.05) is 42.6 Å². The number of aromatic nitrogens is 4. The largest absolute Gasteiger partial charge is 0.495 e. The maximum atomic E-state index is 13.5. The number of benzene rings is 1. The van der Waals surface area contributed by atoms with E-state index in [4.69, 9.17) is 9.72 Å². The molecule has 1 aliphatic heterocycles. The Morgan fingerprint density at radius 2 is 1.79 bits per heavy atom. The summed E-state index contributed by atoms with van der Waals surface area (Å²) in [6.45, 7) is 4.09. The Morgan fingerprint density at radius 3 is 2.54 bits per heavy atom. The van der Waals surface area contributed by atoms with E-state index in [0.717, 1.165) is 68.6 Å². The third-order valence-electron chi connectivity index (χ3n) is 7.71. The zero-order valence-electron chi connectivity index (χ0n) is 22.4. The summed E-state index contributed by atoms with van der Waals surface area (Å²) in [4.78, 5) is 32.2. The number of nitrogens with zero attached hydrogens (tertiary/aromatic N) is 6. The number of rotatable bonds is 7. The molecule has 1 amide bonds. The number of para-hydroxylation sites is 2. The summed E-state index contributed by atoms with van der Waals surface area (Å²) in [5.41, 5.74) is 3.07. The molecule has 1 aliphatic carbocycles. The van der Waals surface area contributed by atoms with Crippen molar-refractivity contribution < 1.29 is 9.53 Å². The number of likely N-dealkylation sites (N-methyl/N-ethyl adjacent to an activating group) is 1. The smallest absolute Gasteiger partial charge is 0.272 e. The molecule has 1 saturated heterocycles. The number of nitrogens with one attached hydrogen (secondary N) is 2. The topological polar surface area (TPSA) is 100 Å². The normalized spacial score (nSPS) is 16.5. The van der Waals surface area contributed by atoms with Crippen molar-refractivity contribution >= 4 is 40.1 Å². The number of ether oxygens (including phenoxy) is 1. The fraction of sp³-hybridized carbons (Fsp3) is 0.379. The van der Waals surface area contributed by atoms with E-state index in [2.05, 4.69) is 48.1 Å². The van der Waals surface area contributed by atoms with E-state index in [9.17, 15) is 4.79 Å². The van der Waals surface area contributed by atoms with Crippen LogP contribution in [0.15, 0.2) is 54.9 Å². The first-order chi connectivity index (χ1) is 19.1. The molecule has 202 valence electrons. The lowest BCUT2D eigenvalue weighted by atomic mass is 10.2. The van der Waals surface area contributed by atoms with Gasteiger partial charge in [-0.05, 0) is 50.2 Å². The van der Waals surface area contributed by atoms with Crippen LogP contribution < -0.4 is 20.3 Å². The highest BCUT2D eigenvalue weighted by molar-refractivity contribution is 6.06. The minimum absolute atomic E-state index is 0.194. The Labute approximate surface area is 228 Å². The Bertz CT molecular complexity index is 1450. The van der Waals surface area contributed by atoms with Crippen molar-refractivity contribution in [3.05, 3.63) is 60.6 Å². The third kappa shape index (κ3) is 5.24. The van der Waals surface area contributed by atoms with Gasteiger partial charge in [-0.3, -0.25) is 4.79 Å². The lowest BCUT2D eigenvalue weighted by molar-refractivity contribution is 0.101. The van der Waals surface area contributed by atoms with Gasteiger partial charge in [-0.2, -0.15) is 4.98 Å². The summed E-state index contributed by atoms with van der Waals surface area (Å²) in [6.07, 6.45) is 7.97. The molecule has 1 saturated carbocycles. The molecule has 0 bridgehead atoms. The van der Waals surface area contributed by atoms with Gasteiger partial charge in [0.25, 0.3) is 5.91 Å².